The van der Waals surface area contributed by atoms with Gasteiger partial charge in [-0.1, -0.05) is 6.42 Å². The number of benzene rings is 1. The molecular formula is C16H18F2N4O2. The second-order valence-electron chi connectivity index (χ2n) is 6.35. The number of nitrogens with one attached hydrogen (secondary N) is 2. The standard InChI is InChI=1S/C16H18F2N4O2/c1-22-15(24)20-13(21-22)14(23)19-9-16(5-2-6-16)8-10-7-11(17)3-4-12(10)18/h3-4,7H,2,5-6,8-9H2,1H3,(H,19,23)(H,20,21,24). The van der Waals surface area contributed by atoms with Crippen LogP contribution in [0.25, 0.3) is 0 Å². The lowest BCUT2D eigenvalue weighted by Gasteiger charge is -2.42. The number of hydrogen-bond acceptors (Lipinski definition) is 3. The molecule has 1 amide bonds. The Labute approximate surface area is 136 Å². The number of carbonyl (C=O) groups is 1. The second-order valence-corrected chi connectivity index (χ2v) is 6.35. The van der Waals surface area contributed by atoms with E-state index in [1.807, 2.05) is 0 Å². The van der Waals surface area contributed by atoms with E-state index < -0.39 is 23.2 Å². The van der Waals surface area contributed by atoms with Gasteiger partial charge in [0.25, 0.3) is 5.91 Å². The van der Waals surface area contributed by atoms with Gasteiger partial charge in [-0.25, -0.2) is 18.3 Å². The normalized spacial score (nSPS) is 15.8. The number of aromatic nitrogens is 3. The number of amides is 1. The topological polar surface area (TPSA) is 79.8 Å². The van der Waals surface area contributed by atoms with E-state index in [-0.39, 0.29) is 11.2 Å². The van der Waals surface area contributed by atoms with Crippen LogP contribution in [0.1, 0.15) is 35.4 Å². The fourth-order valence-corrected chi connectivity index (χ4v) is 3.03. The summed E-state index contributed by atoms with van der Waals surface area (Å²) in [7, 11) is 1.44. The zero-order chi connectivity index (χ0) is 17.3. The second kappa shape index (κ2) is 6.18. The molecule has 24 heavy (non-hydrogen) atoms. The molecule has 1 heterocycles. The molecule has 1 fully saturated rings. The van der Waals surface area contributed by atoms with E-state index in [1.54, 1.807) is 0 Å². The molecule has 0 atom stereocenters. The van der Waals surface area contributed by atoms with Crippen molar-refractivity contribution >= 4 is 5.91 Å². The van der Waals surface area contributed by atoms with Gasteiger partial charge in [-0.15, -0.1) is 5.10 Å². The van der Waals surface area contributed by atoms with E-state index in [0.29, 0.717) is 18.5 Å². The molecule has 0 aliphatic heterocycles. The first-order chi connectivity index (χ1) is 11.4. The third kappa shape index (κ3) is 3.22. The highest BCUT2D eigenvalue weighted by atomic mass is 19.1. The fourth-order valence-electron chi connectivity index (χ4n) is 3.03. The minimum Gasteiger partial charge on any atom is -0.349 e. The summed E-state index contributed by atoms with van der Waals surface area (Å²) in [6, 6.07) is 3.41. The van der Waals surface area contributed by atoms with Crippen LogP contribution in [0.5, 0.6) is 0 Å². The predicted octanol–water partition coefficient (Wildman–Crippen LogP) is 1.53. The van der Waals surface area contributed by atoms with Gasteiger partial charge in [0.15, 0.2) is 0 Å². The number of rotatable bonds is 5. The summed E-state index contributed by atoms with van der Waals surface area (Å²) in [5, 5.41) is 6.53. The lowest BCUT2D eigenvalue weighted by molar-refractivity contribution is 0.0848. The highest BCUT2D eigenvalue weighted by Gasteiger charge is 2.38. The van der Waals surface area contributed by atoms with Gasteiger partial charge in [-0.05, 0) is 48.4 Å². The van der Waals surface area contributed by atoms with Gasteiger partial charge in [0, 0.05) is 13.6 Å². The van der Waals surface area contributed by atoms with E-state index in [1.165, 1.54) is 13.1 Å². The Morgan fingerprint density at radius 3 is 2.75 bits per heavy atom. The van der Waals surface area contributed by atoms with Crippen LogP contribution in [0.15, 0.2) is 23.0 Å². The molecule has 0 saturated heterocycles. The molecule has 128 valence electrons. The van der Waals surface area contributed by atoms with E-state index in [2.05, 4.69) is 15.4 Å². The number of H-pyrrole nitrogens is 1. The van der Waals surface area contributed by atoms with Crippen molar-refractivity contribution in [3.05, 3.63) is 51.7 Å². The van der Waals surface area contributed by atoms with E-state index >= 15 is 0 Å². The van der Waals surface area contributed by atoms with Crippen molar-refractivity contribution in [2.45, 2.75) is 25.7 Å². The average Bonchev–Trinajstić information content (AvgIpc) is 2.84. The summed E-state index contributed by atoms with van der Waals surface area (Å²) in [5.74, 6) is -1.47. The number of halogens is 2. The maximum absolute atomic E-state index is 13.9. The van der Waals surface area contributed by atoms with E-state index in [9.17, 15) is 18.4 Å². The quantitative estimate of drug-likeness (QED) is 0.869. The predicted molar refractivity (Wildman–Crippen MR) is 82.5 cm³/mol. The first-order valence-corrected chi connectivity index (χ1v) is 7.74. The highest BCUT2D eigenvalue weighted by Crippen LogP contribution is 2.43. The van der Waals surface area contributed by atoms with Crippen molar-refractivity contribution < 1.29 is 13.6 Å². The Hall–Kier alpha value is -2.51. The zero-order valence-electron chi connectivity index (χ0n) is 13.2. The molecule has 2 N–H and O–H groups in total. The van der Waals surface area contributed by atoms with Crippen molar-refractivity contribution in [3.8, 4) is 0 Å². The maximum Gasteiger partial charge on any atom is 0.343 e. The maximum atomic E-state index is 13.9. The zero-order valence-corrected chi connectivity index (χ0v) is 13.2. The Kier molecular flexibility index (Phi) is 4.21. The van der Waals surface area contributed by atoms with Crippen molar-refractivity contribution in [1.82, 2.24) is 20.1 Å². The summed E-state index contributed by atoms with van der Waals surface area (Å²) in [5.41, 5.74) is -0.449. The van der Waals surface area contributed by atoms with E-state index in [4.69, 9.17) is 0 Å². The SMILES string of the molecule is Cn1nc(C(=O)NCC2(Cc3cc(F)ccc3F)CCC2)[nH]c1=O. The summed E-state index contributed by atoms with van der Waals surface area (Å²) in [6.45, 7) is 0.320. The molecular weight excluding hydrogens is 318 g/mol. The minimum absolute atomic E-state index is 0.0612. The van der Waals surface area contributed by atoms with Crippen LogP contribution in [-0.4, -0.2) is 27.2 Å². The molecule has 8 heteroatoms. The molecule has 0 unspecified atom stereocenters. The third-order valence-corrected chi connectivity index (χ3v) is 4.60. The molecule has 1 saturated carbocycles. The molecule has 1 aliphatic rings. The summed E-state index contributed by atoms with van der Waals surface area (Å²) in [4.78, 5) is 25.7. The smallest absolute Gasteiger partial charge is 0.343 e. The first-order valence-electron chi connectivity index (χ1n) is 7.74. The van der Waals surface area contributed by atoms with Crippen LogP contribution in [0.4, 0.5) is 8.78 Å². The number of aryl methyl sites for hydroxylation is 1. The van der Waals surface area contributed by atoms with Gasteiger partial charge < -0.3 is 5.32 Å². The van der Waals surface area contributed by atoms with Crippen LogP contribution in [0.2, 0.25) is 0 Å². The Balaban J connectivity index is 1.68. The minimum atomic E-state index is -0.487. The third-order valence-electron chi connectivity index (χ3n) is 4.60. The molecule has 0 bridgehead atoms. The first kappa shape index (κ1) is 16.4. The number of aromatic amines is 1. The number of carbonyl (C=O) groups excluding carboxylic acids is 1. The molecule has 1 aromatic carbocycles. The Bertz CT molecular complexity index is 824. The molecule has 1 aliphatic carbocycles. The van der Waals surface area contributed by atoms with Crippen LogP contribution in [0.3, 0.4) is 0 Å². The van der Waals surface area contributed by atoms with Gasteiger partial charge in [-0.2, -0.15) is 0 Å². The summed E-state index contributed by atoms with van der Waals surface area (Å²) >= 11 is 0. The fraction of sp³-hybridized carbons (Fsp3) is 0.438. The molecule has 1 aromatic heterocycles. The number of hydrogen-bond donors (Lipinski definition) is 2. The van der Waals surface area contributed by atoms with Crippen molar-refractivity contribution in [2.75, 3.05) is 6.54 Å². The van der Waals surface area contributed by atoms with Crippen molar-refractivity contribution in [1.29, 1.82) is 0 Å². The lowest BCUT2D eigenvalue weighted by Crippen LogP contribution is -2.44. The highest BCUT2D eigenvalue weighted by molar-refractivity contribution is 5.90. The lowest BCUT2D eigenvalue weighted by atomic mass is 9.65. The largest absolute Gasteiger partial charge is 0.349 e. The summed E-state index contributed by atoms with van der Waals surface area (Å²) in [6.07, 6.45) is 2.98. The van der Waals surface area contributed by atoms with Crippen LogP contribution < -0.4 is 11.0 Å². The Morgan fingerprint density at radius 1 is 1.42 bits per heavy atom. The Morgan fingerprint density at radius 2 is 2.17 bits per heavy atom. The van der Waals surface area contributed by atoms with Gasteiger partial charge in [0.05, 0.1) is 0 Å². The molecule has 0 radical (unpaired) electrons. The average molecular weight is 336 g/mol. The van der Waals surface area contributed by atoms with Gasteiger partial charge in [-0.3, -0.25) is 9.78 Å². The summed E-state index contributed by atoms with van der Waals surface area (Å²) < 4.78 is 28.2. The molecule has 6 nitrogen and oxygen atoms in total. The van der Waals surface area contributed by atoms with Crippen LogP contribution in [0, 0.1) is 17.0 Å². The van der Waals surface area contributed by atoms with Crippen molar-refractivity contribution in [3.63, 3.8) is 0 Å². The molecule has 0 spiro atoms. The van der Waals surface area contributed by atoms with Crippen molar-refractivity contribution in [2.24, 2.45) is 12.5 Å². The molecule has 2 aromatic rings. The van der Waals surface area contributed by atoms with Gasteiger partial charge in [0.1, 0.15) is 11.6 Å². The van der Waals surface area contributed by atoms with Gasteiger partial charge in [0.2, 0.25) is 5.82 Å². The van der Waals surface area contributed by atoms with Gasteiger partial charge >= 0.3 is 5.69 Å². The van der Waals surface area contributed by atoms with Crippen LogP contribution >= 0.6 is 0 Å². The van der Waals surface area contributed by atoms with Crippen LogP contribution in [-0.2, 0) is 13.5 Å². The number of nitrogens with zero attached hydrogens (tertiary/aromatic N) is 2. The monoisotopic (exact) mass is 336 g/mol. The van der Waals surface area contributed by atoms with E-state index in [0.717, 1.165) is 36.1 Å². The molecule has 3 rings (SSSR count).